The minimum atomic E-state index is -1.11. The summed E-state index contributed by atoms with van der Waals surface area (Å²) in [6, 6.07) is 1.29. The lowest BCUT2D eigenvalue weighted by Crippen LogP contribution is -2.49. The normalized spacial score (nSPS) is 22.9. The van der Waals surface area contributed by atoms with Crippen molar-refractivity contribution < 1.29 is 18.7 Å². The maximum absolute atomic E-state index is 13.3. The van der Waals surface area contributed by atoms with Crippen LogP contribution in [-0.4, -0.2) is 35.1 Å². The predicted molar refractivity (Wildman–Crippen MR) is 71.7 cm³/mol. The molecule has 6 heteroatoms. The highest BCUT2D eigenvalue weighted by Gasteiger charge is 2.32. The molecule has 1 amide bonds. The lowest BCUT2D eigenvalue weighted by molar-refractivity contribution is 0.0358. The Morgan fingerprint density at radius 2 is 2.10 bits per heavy atom. The molecule has 2 atom stereocenters. The molecule has 1 N–H and O–H groups in total. The van der Waals surface area contributed by atoms with Gasteiger partial charge in [-0.05, 0) is 30.9 Å². The van der Waals surface area contributed by atoms with Gasteiger partial charge in [0.05, 0.1) is 23.2 Å². The van der Waals surface area contributed by atoms with E-state index in [1.165, 1.54) is 4.90 Å². The number of carbonyl (C=O) groups is 1. The lowest BCUT2D eigenvalue weighted by atomic mass is 9.90. The molecule has 0 radical (unpaired) electrons. The van der Waals surface area contributed by atoms with Crippen LogP contribution in [0.5, 0.6) is 0 Å². The van der Waals surface area contributed by atoms with Crippen molar-refractivity contribution in [1.29, 1.82) is 0 Å². The van der Waals surface area contributed by atoms with Gasteiger partial charge < -0.3 is 10.0 Å². The fourth-order valence-corrected chi connectivity index (χ4v) is 2.85. The van der Waals surface area contributed by atoms with E-state index in [4.69, 9.17) is 11.6 Å². The number of carbonyl (C=O) groups excluding carboxylic acids is 1. The van der Waals surface area contributed by atoms with Crippen molar-refractivity contribution in [2.45, 2.75) is 25.8 Å². The number of nitrogens with zero attached hydrogens (tertiary/aromatic N) is 1. The van der Waals surface area contributed by atoms with E-state index < -0.39 is 17.5 Å². The number of amides is 1. The zero-order valence-electron chi connectivity index (χ0n) is 11.1. The third-order valence-electron chi connectivity index (χ3n) is 3.80. The zero-order chi connectivity index (χ0) is 14.9. The molecule has 1 saturated heterocycles. The molecule has 2 rings (SSSR count). The highest BCUT2D eigenvalue weighted by atomic mass is 35.5. The van der Waals surface area contributed by atoms with Crippen molar-refractivity contribution >= 4 is 17.5 Å². The summed E-state index contributed by atoms with van der Waals surface area (Å²) in [5.74, 6) is -2.51. The van der Waals surface area contributed by atoms with Gasteiger partial charge in [0.2, 0.25) is 0 Å². The van der Waals surface area contributed by atoms with Crippen molar-refractivity contribution in [1.82, 2.24) is 4.90 Å². The topological polar surface area (TPSA) is 40.5 Å². The molecule has 2 unspecified atom stereocenters. The number of benzene rings is 1. The van der Waals surface area contributed by atoms with Crippen LogP contribution in [0.15, 0.2) is 12.1 Å². The number of aliphatic hydroxyl groups is 1. The fourth-order valence-electron chi connectivity index (χ4n) is 2.62. The van der Waals surface area contributed by atoms with Crippen molar-refractivity contribution in [3.8, 4) is 0 Å². The van der Waals surface area contributed by atoms with Gasteiger partial charge in [0.25, 0.3) is 5.91 Å². The first-order valence-electron chi connectivity index (χ1n) is 6.52. The van der Waals surface area contributed by atoms with Crippen LogP contribution in [-0.2, 0) is 0 Å². The Kier molecular flexibility index (Phi) is 4.60. The first-order valence-corrected chi connectivity index (χ1v) is 6.90. The first-order chi connectivity index (χ1) is 9.45. The predicted octanol–water partition coefficient (Wildman–Crippen LogP) is 2.85. The molecule has 0 bridgehead atoms. The number of halogens is 3. The minimum Gasteiger partial charge on any atom is -0.394 e. The summed E-state index contributed by atoms with van der Waals surface area (Å²) in [6.45, 7) is 2.27. The van der Waals surface area contributed by atoms with Gasteiger partial charge in [-0.3, -0.25) is 4.79 Å². The molecule has 20 heavy (non-hydrogen) atoms. The maximum atomic E-state index is 13.3. The molecule has 0 aromatic heterocycles. The van der Waals surface area contributed by atoms with E-state index in [1.54, 1.807) is 0 Å². The van der Waals surface area contributed by atoms with Gasteiger partial charge in [0.15, 0.2) is 11.6 Å². The Morgan fingerprint density at radius 1 is 1.45 bits per heavy atom. The van der Waals surface area contributed by atoms with Crippen LogP contribution in [0.3, 0.4) is 0 Å². The van der Waals surface area contributed by atoms with Crippen molar-refractivity contribution in [3.63, 3.8) is 0 Å². The third kappa shape index (κ3) is 2.79. The molecule has 0 spiro atoms. The van der Waals surface area contributed by atoms with Crippen LogP contribution < -0.4 is 0 Å². The summed E-state index contributed by atoms with van der Waals surface area (Å²) in [4.78, 5) is 13.9. The van der Waals surface area contributed by atoms with Gasteiger partial charge in [-0.2, -0.15) is 0 Å². The Bertz CT molecular complexity index is 524. The second kappa shape index (κ2) is 6.06. The standard InChI is InChI=1S/C14H16ClF2NO2/c1-8-3-2-4-18(13(8)7-19)14(20)9-5-11(16)12(17)6-10(9)15/h5-6,8,13,19H,2-4,7H2,1H3. The van der Waals surface area contributed by atoms with Gasteiger partial charge in [-0.1, -0.05) is 18.5 Å². The monoisotopic (exact) mass is 303 g/mol. The average Bonchev–Trinajstić information content (AvgIpc) is 2.41. The molecule has 1 heterocycles. The van der Waals surface area contributed by atoms with Crippen LogP contribution >= 0.6 is 11.6 Å². The van der Waals surface area contributed by atoms with Gasteiger partial charge in [0, 0.05) is 6.54 Å². The highest BCUT2D eigenvalue weighted by molar-refractivity contribution is 6.33. The first kappa shape index (κ1) is 15.2. The summed E-state index contributed by atoms with van der Waals surface area (Å²) in [7, 11) is 0. The Balaban J connectivity index is 2.33. The number of hydrogen-bond donors (Lipinski definition) is 1. The summed E-state index contributed by atoms with van der Waals surface area (Å²) in [5, 5.41) is 9.31. The van der Waals surface area contributed by atoms with E-state index in [-0.39, 0.29) is 29.2 Å². The lowest BCUT2D eigenvalue weighted by Gasteiger charge is -2.39. The quantitative estimate of drug-likeness (QED) is 0.854. The van der Waals surface area contributed by atoms with Crippen molar-refractivity contribution in [3.05, 3.63) is 34.4 Å². The summed E-state index contributed by atoms with van der Waals surface area (Å²) in [5.41, 5.74) is -0.0712. The molecular formula is C14H16ClF2NO2. The molecule has 0 aliphatic carbocycles. The summed E-state index contributed by atoms with van der Waals surface area (Å²) in [6.07, 6.45) is 1.73. The van der Waals surface area contributed by atoms with Crippen LogP contribution in [0.1, 0.15) is 30.1 Å². The van der Waals surface area contributed by atoms with Gasteiger partial charge in [-0.25, -0.2) is 8.78 Å². The van der Waals surface area contributed by atoms with Gasteiger partial charge in [-0.15, -0.1) is 0 Å². The van der Waals surface area contributed by atoms with Crippen LogP contribution in [0, 0.1) is 17.6 Å². The van der Waals surface area contributed by atoms with Crippen molar-refractivity contribution in [2.75, 3.05) is 13.2 Å². The second-order valence-electron chi connectivity index (χ2n) is 5.11. The summed E-state index contributed by atoms with van der Waals surface area (Å²) >= 11 is 5.83. The number of aliphatic hydroxyl groups excluding tert-OH is 1. The Hall–Kier alpha value is -1.20. The van der Waals surface area contributed by atoms with E-state index in [2.05, 4.69) is 0 Å². The second-order valence-corrected chi connectivity index (χ2v) is 5.52. The molecule has 1 aliphatic rings. The molecular weight excluding hydrogens is 288 g/mol. The smallest absolute Gasteiger partial charge is 0.255 e. The van der Waals surface area contributed by atoms with Gasteiger partial charge in [0.1, 0.15) is 0 Å². The van der Waals surface area contributed by atoms with E-state index in [1.807, 2.05) is 6.92 Å². The van der Waals surface area contributed by atoms with E-state index in [0.29, 0.717) is 6.54 Å². The molecule has 110 valence electrons. The van der Waals surface area contributed by atoms with E-state index in [9.17, 15) is 18.7 Å². The van der Waals surface area contributed by atoms with Gasteiger partial charge >= 0.3 is 0 Å². The fraction of sp³-hybridized carbons (Fsp3) is 0.500. The van der Waals surface area contributed by atoms with Crippen LogP contribution in [0.4, 0.5) is 8.78 Å². The third-order valence-corrected chi connectivity index (χ3v) is 4.12. The van der Waals surface area contributed by atoms with E-state index >= 15 is 0 Å². The van der Waals surface area contributed by atoms with Crippen LogP contribution in [0.2, 0.25) is 5.02 Å². The molecule has 3 nitrogen and oxygen atoms in total. The SMILES string of the molecule is CC1CCCN(C(=O)c2cc(F)c(F)cc2Cl)C1CO. The number of hydrogen-bond acceptors (Lipinski definition) is 2. The Labute approximate surface area is 121 Å². The average molecular weight is 304 g/mol. The molecule has 1 aromatic carbocycles. The molecule has 0 saturated carbocycles. The largest absolute Gasteiger partial charge is 0.394 e. The number of rotatable bonds is 2. The molecule has 1 aromatic rings. The van der Waals surface area contributed by atoms with Crippen molar-refractivity contribution in [2.24, 2.45) is 5.92 Å². The molecule has 1 aliphatic heterocycles. The highest BCUT2D eigenvalue weighted by Crippen LogP contribution is 2.27. The van der Waals surface area contributed by atoms with Crippen LogP contribution in [0.25, 0.3) is 0 Å². The summed E-state index contributed by atoms with van der Waals surface area (Å²) < 4.78 is 26.3. The van der Waals surface area contributed by atoms with E-state index in [0.717, 1.165) is 25.0 Å². The number of likely N-dealkylation sites (tertiary alicyclic amines) is 1. The zero-order valence-corrected chi connectivity index (χ0v) is 11.8. The maximum Gasteiger partial charge on any atom is 0.255 e. The number of piperidine rings is 1. The Morgan fingerprint density at radius 3 is 2.75 bits per heavy atom. The minimum absolute atomic E-state index is 0.0712. The molecule has 1 fully saturated rings.